The van der Waals surface area contributed by atoms with Crippen LogP contribution in [0.5, 0.6) is 0 Å². The van der Waals surface area contributed by atoms with Crippen LogP contribution in [0.1, 0.15) is 15.9 Å². The first-order valence-electron chi connectivity index (χ1n) is 9.44. The van der Waals surface area contributed by atoms with E-state index in [0.29, 0.717) is 5.56 Å². The van der Waals surface area contributed by atoms with E-state index in [1.54, 1.807) is 23.9 Å². The first kappa shape index (κ1) is 18.4. The third-order valence-electron chi connectivity index (χ3n) is 4.95. The summed E-state index contributed by atoms with van der Waals surface area (Å²) in [7, 11) is 1.38. The van der Waals surface area contributed by atoms with Crippen molar-refractivity contribution in [3.05, 3.63) is 84.2 Å². The number of nitrogens with one attached hydrogen (secondary N) is 1. The van der Waals surface area contributed by atoms with Gasteiger partial charge < -0.3 is 9.72 Å². The van der Waals surface area contributed by atoms with Crippen LogP contribution in [0.15, 0.2) is 78.2 Å². The van der Waals surface area contributed by atoms with Crippen LogP contribution in [-0.2, 0) is 10.5 Å². The van der Waals surface area contributed by atoms with Gasteiger partial charge in [-0.15, -0.1) is 0 Å². The van der Waals surface area contributed by atoms with Crippen molar-refractivity contribution in [2.24, 2.45) is 0 Å². The fourth-order valence-corrected chi connectivity index (χ4v) is 4.30. The maximum absolute atomic E-state index is 11.7. The van der Waals surface area contributed by atoms with Crippen LogP contribution in [0.4, 0.5) is 0 Å². The molecular formula is C23H18N4O2S. The Balaban J connectivity index is 1.42. The summed E-state index contributed by atoms with van der Waals surface area (Å²) in [6, 6.07) is 19.5. The summed E-state index contributed by atoms with van der Waals surface area (Å²) in [5, 5.41) is 0.892. The zero-order valence-electron chi connectivity index (χ0n) is 16.2. The van der Waals surface area contributed by atoms with Gasteiger partial charge in [0.05, 0.1) is 35.6 Å². The van der Waals surface area contributed by atoms with Crippen LogP contribution in [0, 0.1) is 0 Å². The number of hydrogen-bond donors (Lipinski definition) is 1. The molecule has 2 aromatic carbocycles. The molecule has 5 aromatic rings. The van der Waals surface area contributed by atoms with Crippen molar-refractivity contribution in [1.82, 2.24) is 19.4 Å². The molecule has 3 aromatic heterocycles. The summed E-state index contributed by atoms with van der Waals surface area (Å²) in [6.45, 7) is 0. The van der Waals surface area contributed by atoms with E-state index in [-0.39, 0.29) is 5.97 Å². The first-order chi connectivity index (χ1) is 14.7. The molecule has 0 radical (unpaired) electrons. The second-order valence-corrected chi connectivity index (χ2v) is 7.75. The number of H-pyrrole nitrogens is 1. The van der Waals surface area contributed by atoms with Gasteiger partial charge in [0, 0.05) is 23.1 Å². The Kier molecular flexibility index (Phi) is 4.72. The molecule has 6 nitrogen and oxygen atoms in total. The average Bonchev–Trinajstić information content (AvgIpc) is 3.41. The van der Waals surface area contributed by atoms with Gasteiger partial charge in [0.2, 0.25) is 0 Å². The van der Waals surface area contributed by atoms with Crippen molar-refractivity contribution in [3.63, 3.8) is 0 Å². The molecular weight excluding hydrogens is 396 g/mol. The maximum atomic E-state index is 11.7. The van der Waals surface area contributed by atoms with Crippen molar-refractivity contribution in [2.75, 3.05) is 7.11 Å². The molecule has 0 amide bonds. The molecule has 0 unspecified atom stereocenters. The highest BCUT2D eigenvalue weighted by molar-refractivity contribution is 7.98. The molecule has 5 rings (SSSR count). The minimum absolute atomic E-state index is 0.343. The molecule has 0 aliphatic heterocycles. The molecule has 0 aliphatic carbocycles. The summed E-state index contributed by atoms with van der Waals surface area (Å²) >= 11 is 1.66. The van der Waals surface area contributed by atoms with E-state index in [1.165, 1.54) is 7.11 Å². The molecule has 30 heavy (non-hydrogen) atoms. The SMILES string of the molecule is COC(=O)c1ccc(-c2cnc3c(CSc4nc5ccccc5[nH]4)cccn23)cc1. The summed E-state index contributed by atoms with van der Waals surface area (Å²) < 4.78 is 6.84. The predicted molar refractivity (Wildman–Crippen MR) is 118 cm³/mol. The second-order valence-electron chi connectivity index (χ2n) is 6.79. The number of aromatic amines is 1. The standard InChI is InChI=1S/C23H18N4O2S/c1-29-22(28)16-10-8-15(9-11-16)20-13-24-21-17(5-4-12-27(20)21)14-30-23-25-18-6-2-3-7-19(18)26-23/h2-13H,14H2,1H3,(H,25,26). The predicted octanol–water partition coefficient (Wildman–Crippen LogP) is 4.96. The highest BCUT2D eigenvalue weighted by Gasteiger charge is 2.12. The molecule has 7 heteroatoms. The Morgan fingerprint density at radius 2 is 1.93 bits per heavy atom. The summed E-state index contributed by atoms with van der Waals surface area (Å²) in [4.78, 5) is 24.3. The van der Waals surface area contributed by atoms with Crippen molar-refractivity contribution in [3.8, 4) is 11.3 Å². The van der Waals surface area contributed by atoms with Gasteiger partial charge in [-0.05, 0) is 30.3 Å². The molecule has 0 fully saturated rings. The third-order valence-corrected chi connectivity index (χ3v) is 5.87. The number of para-hydroxylation sites is 2. The lowest BCUT2D eigenvalue weighted by Gasteiger charge is -2.06. The van der Waals surface area contributed by atoms with Crippen LogP contribution in [0.2, 0.25) is 0 Å². The topological polar surface area (TPSA) is 72.3 Å². The normalized spacial score (nSPS) is 11.2. The highest BCUT2D eigenvalue weighted by Crippen LogP contribution is 2.27. The zero-order chi connectivity index (χ0) is 20.5. The Labute approximate surface area is 176 Å². The monoisotopic (exact) mass is 414 g/mol. The number of ether oxygens (including phenoxy) is 1. The van der Waals surface area contributed by atoms with E-state index in [1.807, 2.05) is 54.9 Å². The quantitative estimate of drug-likeness (QED) is 0.325. The van der Waals surface area contributed by atoms with Gasteiger partial charge in [-0.25, -0.2) is 14.8 Å². The van der Waals surface area contributed by atoms with Crippen LogP contribution in [0.25, 0.3) is 27.9 Å². The number of aromatic nitrogens is 4. The summed E-state index contributed by atoms with van der Waals surface area (Å²) in [5.74, 6) is 0.409. The number of fused-ring (bicyclic) bond motifs is 2. The number of carbonyl (C=O) groups excluding carboxylic acids is 1. The number of carbonyl (C=O) groups is 1. The Morgan fingerprint density at radius 3 is 2.73 bits per heavy atom. The van der Waals surface area contributed by atoms with Gasteiger partial charge in [-0.3, -0.25) is 4.40 Å². The summed E-state index contributed by atoms with van der Waals surface area (Å²) in [5.41, 5.74) is 6.52. The molecule has 0 atom stereocenters. The molecule has 0 spiro atoms. The Bertz CT molecular complexity index is 1320. The zero-order valence-corrected chi connectivity index (χ0v) is 17.0. The fourth-order valence-electron chi connectivity index (χ4n) is 3.43. The molecule has 3 heterocycles. The first-order valence-corrected chi connectivity index (χ1v) is 10.4. The van der Waals surface area contributed by atoms with Gasteiger partial charge >= 0.3 is 5.97 Å². The number of methoxy groups -OCH3 is 1. The van der Waals surface area contributed by atoms with Crippen LogP contribution in [0.3, 0.4) is 0 Å². The lowest BCUT2D eigenvalue weighted by atomic mass is 10.1. The van der Waals surface area contributed by atoms with E-state index in [4.69, 9.17) is 4.74 Å². The third kappa shape index (κ3) is 3.33. The van der Waals surface area contributed by atoms with Crippen molar-refractivity contribution >= 4 is 34.4 Å². The number of rotatable bonds is 5. The van der Waals surface area contributed by atoms with E-state index < -0.39 is 0 Å². The van der Waals surface area contributed by atoms with Crippen LogP contribution in [-0.4, -0.2) is 32.4 Å². The van der Waals surface area contributed by atoms with Gasteiger partial charge in [-0.1, -0.05) is 42.1 Å². The highest BCUT2D eigenvalue weighted by atomic mass is 32.2. The fraction of sp³-hybridized carbons (Fsp3) is 0.0870. The van der Waals surface area contributed by atoms with E-state index >= 15 is 0 Å². The average molecular weight is 414 g/mol. The smallest absolute Gasteiger partial charge is 0.337 e. The van der Waals surface area contributed by atoms with Crippen molar-refractivity contribution < 1.29 is 9.53 Å². The lowest BCUT2D eigenvalue weighted by Crippen LogP contribution is -2.00. The minimum Gasteiger partial charge on any atom is -0.465 e. The number of benzene rings is 2. The summed E-state index contributed by atoms with van der Waals surface area (Å²) in [6.07, 6.45) is 3.86. The molecule has 0 aliphatic rings. The van der Waals surface area contributed by atoms with Gasteiger partial charge in [0.25, 0.3) is 0 Å². The number of hydrogen-bond acceptors (Lipinski definition) is 5. The van der Waals surface area contributed by atoms with Crippen molar-refractivity contribution in [1.29, 1.82) is 0 Å². The Hall–Kier alpha value is -3.58. The molecule has 148 valence electrons. The van der Waals surface area contributed by atoms with Crippen LogP contribution >= 0.6 is 11.8 Å². The Morgan fingerprint density at radius 1 is 1.10 bits per heavy atom. The van der Waals surface area contributed by atoms with E-state index in [9.17, 15) is 4.79 Å². The number of esters is 1. The molecule has 0 saturated carbocycles. The number of imidazole rings is 2. The van der Waals surface area contributed by atoms with Gasteiger partial charge in [0.15, 0.2) is 5.16 Å². The van der Waals surface area contributed by atoms with Crippen molar-refractivity contribution in [2.45, 2.75) is 10.9 Å². The molecule has 0 bridgehead atoms. The minimum atomic E-state index is -0.343. The number of thioether (sulfide) groups is 1. The van der Waals surface area contributed by atoms with Crippen LogP contribution < -0.4 is 0 Å². The van der Waals surface area contributed by atoms with Gasteiger partial charge in [-0.2, -0.15) is 0 Å². The second kappa shape index (κ2) is 7.68. The molecule has 1 N–H and O–H groups in total. The van der Waals surface area contributed by atoms with Gasteiger partial charge in [0.1, 0.15) is 5.65 Å². The molecule has 0 saturated heterocycles. The maximum Gasteiger partial charge on any atom is 0.337 e. The largest absolute Gasteiger partial charge is 0.465 e. The number of pyridine rings is 1. The van der Waals surface area contributed by atoms with E-state index in [2.05, 4.69) is 25.4 Å². The van der Waals surface area contributed by atoms with E-state index in [0.717, 1.165) is 44.4 Å². The number of nitrogens with zero attached hydrogens (tertiary/aromatic N) is 3. The lowest BCUT2D eigenvalue weighted by molar-refractivity contribution is 0.0601.